The Morgan fingerprint density at radius 1 is 1.24 bits per heavy atom. The van der Waals surface area contributed by atoms with Gasteiger partial charge < -0.3 is 15.2 Å². The molecule has 4 nitrogen and oxygen atoms in total. The molecule has 0 aromatic heterocycles. The highest BCUT2D eigenvalue weighted by Crippen LogP contribution is 2.22. The third kappa shape index (κ3) is 4.46. The first kappa shape index (κ1) is 15.3. The Labute approximate surface area is 125 Å². The van der Waals surface area contributed by atoms with Gasteiger partial charge in [-0.05, 0) is 43.2 Å². The van der Waals surface area contributed by atoms with E-state index >= 15 is 0 Å². The summed E-state index contributed by atoms with van der Waals surface area (Å²) in [5, 5.41) is 13.4. The predicted molar refractivity (Wildman–Crippen MR) is 81.3 cm³/mol. The van der Waals surface area contributed by atoms with Crippen LogP contribution < -0.4 is 5.32 Å². The van der Waals surface area contributed by atoms with Crippen LogP contribution in [0.3, 0.4) is 0 Å². The Kier molecular flexibility index (Phi) is 5.17. The van der Waals surface area contributed by atoms with Crippen LogP contribution in [0.2, 0.25) is 0 Å². The van der Waals surface area contributed by atoms with Gasteiger partial charge in [0.25, 0.3) is 0 Å². The second kappa shape index (κ2) is 7.09. The van der Waals surface area contributed by atoms with Gasteiger partial charge in [0, 0.05) is 12.5 Å². The second-order valence-electron chi connectivity index (χ2n) is 5.12. The molecule has 1 aliphatic heterocycles. The lowest BCUT2D eigenvalue weighted by Gasteiger charge is -2.27. The number of aryl methyl sites for hydroxylation is 1. The number of esters is 1. The highest BCUT2D eigenvalue weighted by Gasteiger charge is 2.25. The van der Waals surface area contributed by atoms with Crippen molar-refractivity contribution < 1.29 is 14.6 Å². The largest absolute Gasteiger partial charge is 0.466 e. The first-order chi connectivity index (χ1) is 10.1. The molecule has 1 atom stereocenters. The van der Waals surface area contributed by atoms with E-state index in [1.807, 2.05) is 36.4 Å². The van der Waals surface area contributed by atoms with Crippen LogP contribution >= 0.6 is 0 Å². The molecule has 0 amide bonds. The SMILES string of the molecule is CC(=O)OCCCCc1ccc(C2(O)C=CC=CN2)cc1. The predicted octanol–water partition coefficient (Wildman–Crippen LogP) is 2.39. The van der Waals surface area contributed by atoms with Crippen molar-refractivity contribution in [1.29, 1.82) is 0 Å². The Bertz CT molecular complexity index is 533. The minimum absolute atomic E-state index is 0.227. The van der Waals surface area contributed by atoms with Crippen molar-refractivity contribution in [3.8, 4) is 0 Å². The molecule has 0 radical (unpaired) electrons. The van der Waals surface area contributed by atoms with Gasteiger partial charge in [-0.3, -0.25) is 4.79 Å². The van der Waals surface area contributed by atoms with Crippen molar-refractivity contribution >= 4 is 5.97 Å². The summed E-state index contributed by atoms with van der Waals surface area (Å²) in [6.45, 7) is 1.90. The first-order valence-corrected chi connectivity index (χ1v) is 7.17. The fourth-order valence-electron chi connectivity index (χ4n) is 2.23. The van der Waals surface area contributed by atoms with E-state index in [1.54, 1.807) is 12.3 Å². The van der Waals surface area contributed by atoms with Crippen LogP contribution in [0.5, 0.6) is 0 Å². The molecule has 0 aliphatic carbocycles. The van der Waals surface area contributed by atoms with Gasteiger partial charge in [-0.25, -0.2) is 0 Å². The summed E-state index contributed by atoms with van der Waals surface area (Å²) in [6, 6.07) is 7.90. The topological polar surface area (TPSA) is 58.6 Å². The lowest BCUT2D eigenvalue weighted by molar-refractivity contribution is -0.141. The molecule has 0 bridgehead atoms. The van der Waals surface area contributed by atoms with Gasteiger partial charge in [0.05, 0.1) is 6.61 Å². The van der Waals surface area contributed by atoms with Gasteiger partial charge in [0.1, 0.15) is 0 Å². The van der Waals surface area contributed by atoms with Crippen molar-refractivity contribution in [2.24, 2.45) is 0 Å². The Morgan fingerprint density at radius 3 is 2.62 bits per heavy atom. The Hall–Kier alpha value is -2.07. The van der Waals surface area contributed by atoms with Crippen LogP contribution in [0.4, 0.5) is 0 Å². The van der Waals surface area contributed by atoms with Crippen LogP contribution in [0.25, 0.3) is 0 Å². The number of hydrogen-bond acceptors (Lipinski definition) is 4. The molecule has 112 valence electrons. The Balaban J connectivity index is 1.83. The second-order valence-corrected chi connectivity index (χ2v) is 5.12. The molecule has 1 aromatic rings. The van der Waals surface area contributed by atoms with Gasteiger partial charge >= 0.3 is 5.97 Å². The van der Waals surface area contributed by atoms with Crippen LogP contribution in [0.15, 0.2) is 48.7 Å². The lowest BCUT2D eigenvalue weighted by Crippen LogP contribution is -2.38. The maximum absolute atomic E-state index is 10.6. The molecule has 0 spiro atoms. The molecule has 2 rings (SSSR count). The summed E-state index contributed by atoms with van der Waals surface area (Å²) in [6.07, 6.45) is 9.87. The molecule has 1 aliphatic rings. The van der Waals surface area contributed by atoms with Crippen molar-refractivity contribution in [1.82, 2.24) is 5.32 Å². The zero-order valence-corrected chi connectivity index (χ0v) is 12.2. The van der Waals surface area contributed by atoms with E-state index in [1.165, 1.54) is 12.5 Å². The number of benzene rings is 1. The fourth-order valence-corrected chi connectivity index (χ4v) is 2.23. The maximum atomic E-state index is 10.6. The number of allylic oxidation sites excluding steroid dienone is 2. The highest BCUT2D eigenvalue weighted by molar-refractivity contribution is 5.65. The minimum atomic E-state index is -1.12. The number of ether oxygens (including phenoxy) is 1. The standard InChI is InChI=1S/C17H21NO3/c1-14(19)21-13-5-2-6-15-7-9-16(10-8-15)17(20)11-3-4-12-18-17/h3-4,7-12,18,20H,2,5-6,13H2,1H3. The van der Waals surface area contributed by atoms with Crippen LogP contribution in [0, 0.1) is 0 Å². The molecule has 21 heavy (non-hydrogen) atoms. The third-order valence-corrected chi connectivity index (χ3v) is 3.41. The zero-order valence-electron chi connectivity index (χ0n) is 12.2. The summed E-state index contributed by atoms with van der Waals surface area (Å²) in [4.78, 5) is 10.6. The number of carbonyl (C=O) groups is 1. The summed E-state index contributed by atoms with van der Waals surface area (Å²) >= 11 is 0. The fraction of sp³-hybridized carbons (Fsp3) is 0.353. The summed E-state index contributed by atoms with van der Waals surface area (Å²) in [7, 11) is 0. The van der Waals surface area contributed by atoms with E-state index in [2.05, 4.69) is 5.32 Å². The molecule has 0 saturated carbocycles. The molecular formula is C17H21NO3. The summed E-state index contributed by atoms with van der Waals surface area (Å²) < 4.78 is 4.90. The van der Waals surface area contributed by atoms with E-state index in [9.17, 15) is 9.90 Å². The lowest BCUT2D eigenvalue weighted by atomic mass is 9.98. The third-order valence-electron chi connectivity index (χ3n) is 3.41. The Morgan fingerprint density at radius 2 is 2.00 bits per heavy atom. The van der Waals surface area contributed by atoms with Gasteiger partial charge in [-0.15, -0.1) is 0 Å². The minimum Gasteiger partial charge on any atom is -0.466 e. The smallest absolute Gasteiger partial charge is 0.302 e. The number of rotatable bonds is 6. The maximum Gasteiger partial charge on any atom is 0.302 e. The van der Waals surface area contributed by atoms with E-state index in [-0.39, 0.29) is 5.97 Å². The van der Waals surface area contributed by atoms with E-state index in [0.717, 1.165) is 24.8 Å². The molecule has 0 saturated heterocycles. The van der Waals surface area contributed by atoms with Gasteiger partial charge in [0.2, 0.25) is 0 Å². The monoisotopic (exact) mass is 287 g/mol. The molecule has 0 fully saturated rings. The van der Waals surface area contributed by atoms with Crippen molar-refractivity contribution in [3.05, 3.63) is 59.8 Å². The number of carbonyl (C=O) groups excluding carboxylic acids is 1. The molecule has 1 unspecified atom stereocenters. The normalized spacial score (nSPS) is 20.1. The number of hydrogen-bond donors (Lipinski definition) is 2. The molecule has 1 aromatic carbocycles. The first-order valence-electron chi connectivity index (χ1n) is 7.17. The van der Waals surface area contributed by atoms with E-state index in [0.29, 0.717) is 6.61 Å². The highest BCUT2D eigenvalue weighted by atomic mass is 16.5. The van der Waals surface area contributed by atoms with E-state index in [4.69, 9.17) is 4.74 Å². The van der Waals surface area contributed by atoms with E-state index < -0.39 is 5.72 Å². The number of unbranched alkanes of at least 4 members (excludes halogenated alkanes) is 1. The van der Waals surface area contributed by atoms with Gasteiger partial charge in [-0.1, -0.05) is 30.3 Å². The molecule has 4 heteroatoms. The van der Waals surface area contributed by atoms with Crippen LogP contribution in [-0.2, 0) is 21.7 Å². The quantitative estimate of drug-likeness (QED) is 0.623. The zero-order chi connectivity index (χ0) is 15.1. The summed E-state index contributed by atoms with van der Waals surface area (Å²) in [5.74, 6) is -0.227. The number of nitrogens with one attached hydrogen (secondary N) is 1. The number of aliphatic hydroxyl groups is 1. The van der Waals surface area contributed by atoms with Crippen molar-refractivity contribution in [2.75, 3.05) is 6.61 Å². The van der Waals surface area contributed by atoms with Gasteiger partial charge in [0.15, 0.2) is 5.72 Å². The molecule has 1 heterocycles. The average Bonchev–Trinajstić information content (AvgIpc) is 2.48. The average molecular weight is 287 g/mol. The number of dihydropyridines is 1. The summed E-state index contributed by atoms with van der Waals surface area (Å²) in [5.41, 5.74) is 0.898. The van der Waals surface area contributed by atoms with Crippen LogP contribution in [-0.4, -0.2) is 17.7 Å². The van der Waals surface area contributed by atoms with Crippen LogP contribution in [0.1, 0.15) is 30.9 Å². The molecule has 2 N–H and O–H groups in total. The van der Waals surface area contributed by atoms with Crippen molar-refractivity contribution in [2.45, 2.75) is 31.9 Å². The molecular weight excluding hydrogens is 266 g/mol. The van der Waals surface area contributed by atoms with Crippen molar-refractivity contribution in [3.63, 3.8) is 0 Å². The van der Waals surface area contributed by atoms with Gasteiger partial charge in [-0.2, -0.15) is 0 Å².